The third-order valence-corrected chi connectivity index (χ3v) is 3.07. The number of nitrogens with zero attached hydrogens (tertiary/aromatic N) is 3. The smallest absolute Gasteiger partial charge is 0.169 e. The van der Waals surface area contributed by atoms with Crippen LogP contribution in [0.4, 0.5) is 0 Å². The second-order valence-electron chi connectivity index (χ2n) is 4.84. The molecular weight excluding hydrogens is 214 g/mol. The van der Waals surface area contributed by atoms with Gasteiger partial charge in [-0.3, -0.25) is 9.69 Å². The second-order valence-corrected chi connectivity index (χ2v) is 4.84. The van der Waals surface area contributed by atoms with Crippen molar-refractivity contribution in [2.24, 2.45) is 0 Å². The van der Waals surface area contributed by atoms with Gasteiger partial charge in [-0.2, -0.15) is 0 Å². The molecule has 1 rings (SSSR count). The van der Waals surface area contributed by atoms with Crippen molar-refractivity contribution in [3.05, 3.63) is 12.2 Å². The highest BCUT2D eigenvalue weighted by molar-refractivity contribution is 5.91. The van der Waals surface area contributed by atoms with Crippen LogP contribution in [0.25, 0.3) is 0 Å². The molecule has 1 aliphatic heterocycles. The molecule has 0 radical (unpaired) electrons. The van der Waals surface area contributed by atoms with Crippen molar-refractivity contribution >= 4 is 5.78 Å². The Bertz CT molecular complexity index is 255. The average molecular weight is 239 g/mol. The van der Waals surface area contributed by atoms with Crippen LogP contribution in [0.1, 0.15) is 6.92 Å². The Balaban J connectivity index is 2.21. The summed E-state index contributed by atoms with van der Waals surface area (Å²) in [6.45, 7) is 8.91. The Morgan fingerprint density at radius 2 is 1.76 bits per heavy atom. The van der Waals surface area contributed by atoms with Gasteiger partial charge in [0.1, 0.15) is 0 Å². The topological polar surface area (TPSA) is 26.8 Å². The molecule has 0 spiro atoms. The standard InChI is InChI=1S/C13H25N3O/c1-4-15-8-10-16(11-9-15)12-13(17)6-5-7-14(2)3/h5-6H,4,7-12H2,1-3H3/b6-5+. The normalized spacial score (nSPS) is 19.3. The number of likely N-dealkylation sites (N-methyl/N-ethyl adjacent to an activating group) is 2. The van der Waals surface area contributed by atoms with Crippen LogP contribution >= 0.6 is 0 Å². The summed E-state index contributed by atoms with van der Waals surface area (Å²) >= 11 is 0. The average Bonchev–Trinajstić information content (AvgIpc) is 2.29. The lowest BCUT2D eigenvalue weighted by atomic mass is 10.2. The van der Waals surface area contributed by atoms with Gasteiger partial charge >= 0.3 is 0 Å². The van der Waals surface area contributed by atoms with Gasteiger partial charge in [0, 0.05) is 32.7 Å². The Hall–Kier alpha value is -0.710. The molecule has 0 aliphatic carbocycles. The van der Waals surface area contributed by atoms with Crippen molar-refractivity contribution in [3.63, 3.8) is 0 Å². The van der Waals surface area contributed by atoms with Gasteiger partial charge in [0.05, 0.1) is 6.54 Å². The van der Waals surface area contributed by atoms with Gasteiger partial charge < -0.3 is 9.80 Å². The lowest BCUT2D eigenvalue weighted by molar-refractivity contribution is -0.116. The van der Waals surface area contributed by atoms with Gasteiger partial charge in [0.15, 0.2) is 5.78 Å². The van der Waals surface area contributed by atoms with E-state index in [0.717, 1.165) is 39.3 Å². The van der Waals surface area contributed by atoms with Crippen LogP contribution in [-0.4, -0.2) is 80.4 Å². The van der Waals surface area contributed by atoms with Crippen molar-refractivity contribution in [2.45, 2.75) is 6.92 Å². The monoisotopic (exact) mass is 239 g/mol. The van der Waals surface area contributed by atoms with Crippen LogP contribution in [0.15, 0.2) is 12.2 Å². The molecule has 4 nitrogen and oxygen atoms in total. The number of hydrogen-bond acceptors (Lipinski definition) is 4. The van der Waals surface area contributed by atoms with Gasteiger partial charge in [-0.05, 0) is 26.7 Å². The van der Waals surface area contributed by atoms with E-state index < -0.39 is 0 Å². The first-order valence-corrected chi connectivity index (χ1v) is 6.40. The summed E-state index contributed by atoms with van der Waals surface area (Å²) in [6.07, 6.45) is 3.65. The predicted molar refractivity (Wildman–Crippen MR) is 71.3 cm³/mol. The molecule has 0 aromatic rings. The third kappa shape index (κ3) is 5.96. The van der Waals surface area contributed by atoms with E-state index in [1.807, 2.05) is 25.1 Å². The van der Waals surface area contributed by atoms with Crippen molar-refractivity contribution in [3.8, 4) is 0 Å². The van der Waals surface area contributed by atoms with E-state index in [-0.39, 0.29) is 5.78 Å². The van der Waals surface area contributed by atoms with Gasteiger partial charge in [0.25, 0.3) is 0 Å². The van der Waals surface area contributed by atoms with E-state index in [2.05, 4.69) is 16.7 Å². The van der Waals surface area contributed by atoms with Crippen LogP contribution in [-0.2, 0) is 4.79 Å². The minimum atomic E-state index is 0.219. The summed E-state index contributed by atoms with van der Waals surface area (Å²) in [7, 11) is 4.00. The van der Waals surface area contributed by atoms with E-state index in [4.69, 9.17) is 0 Å². The highest BCUT2D eigenvalue weighted by Gasteiger charge is 2.16. The van der Waals surface area contributed by atoms with Crippen LogP contribution in [0.2, 0.25) is 0 Å². The van der Waals surface area contributed by atoms with E-state index in [0.29, 0.717) is 6.54 Å². The summed E-state index contributed by atoms with van der Waals surface area (Å²) < 4.78 is 0. The molecule has 0 saturated carbocycles. The zero-order chi connectivity index (χ0) is 12.7. The van der Waals surface area contributed by atoms with Gasteiger partial charge in [-0.1, -0.05) is 13.0 Å². The summed E-state index contributed by atoms with van der Waals surface area (Å²) in [4.78, 5) is 18.4. The maximum atomic E-state index is 11.7. The van der Waals surface area contributed by atoms with Crippen molar-refractivity contribution < 1.29 is 4.79 Å². The Morgan fingerprint density at radius 3 is 2.29 bits per heavy atom. The van der Waals surface area contributed by atoms with E-state index in [1.165, 1.54) is 0 Å². The second kappa shape index (κ2) is 7.58. The molecule has 0 unspecified atom stereocenters. The van der Waals surface area contributed by atoms with E-state index >= 15 is 0 Å². The molecule has 1 saturated heterocycles. The molecule has 0 aromatic carbocycles. The lowest BCUT2D eigenvalue weighted by Crippen LogP contribution is -2.47. The SMILES string of the molecule is CCN1CCN(CC(=O)/C=C/CN(C)C)CC1. The van der Waals surface area contributed by atoms with Crippen molar-refractivity contribution in [1.82, 2.24) is 14.7 Å². The molecule has 0 bridgehead atoms. The number of rotatable bonds is 6. The number of hydrogen-bond donors (Lipinski definition) is 0. The number of ketones is 1. The Labute approximate surface area is 105 Å². The first-order chi connectivity index (χ1) is 8.11. The van der Waals surface area contributed by atoms with Crippen LogP contribution in [0.3, 0.4) is 0 Å². The fourth-order valence-electron chi connectivity index (χ4n) is 1.93. The number of piperazine rings is 1. The minimum Gasteiger partial charge on any atom is -0.306 e. The van der Waals surface area contributed by atoms with E-state index in [1.54, 1.807) is 6.08 Å². The Kier molecular flexibility index (Phi) is 6.40. The fourth-order valence-corrected chi connectivity index (χ4v) is 1.93. The molecule has 98 valence electrons. The van der Waals surface area contributed by atoms with Gasteiger partial charge in [0.2, 0.25) is 0 Å². The summed E-state index contributed by atoms with van der Waals surface area (Å²) in [5, 5.41) is 0. The predicted octanol–water partition coefficient (Wildman–Crippen LogP) is 0.311. The minimum absolute atomic E-state index is 0.219. The van der Waals surface area contributed by atoms with Crippen molar-refractivity contribution in [1.29, 1.82) is 0 Å². The molecule has 1 fully saturated rings. The molecule has 17 heavy (non-hydrogen) atoms. The zero-order valence-corrected chi connectivity index (χ0v) is 11.4. The highest BCUT2D eigenvalue weighted by Crippen LogP contribution is 2.00. The molecule has 1 heterocycles. The maximum Gasteiger partial charge on any atom is 0.169 e. The Morgan fingerprint density at radius 1 is 1.18 bits per heavy atom. The quantitative estimate of drug-likeness (QED) is 0.623. The largest absolute Gasteiger partial charge is 0.306 e. The van der Waals surface area contributed by atoms with Crippen LogP contribution < -0.4 is 0 Å². The fraction of sp³-hybridized carbons (Fsp3) is 0.769. The molecule has 0 amide bonds. The summed E-state index contributed by atoms with van der Waals surface area (Å²) in [5.41, 5.74) is 0. The summed E-state index contributed by atoms with van der Waals surface area (Å²) in [6, 6.07) is 0. The molecule has 1 aliphatic rings. The van der Waals surface area contributed by atoms with Crippen LogP contribution in [0, 0.1) is 0 Å². The first kappa shape index (κ1) is 14.4. The summed E-state index contributed by atoms with van der Waals surface area (Å²) in [5.74, 6) is 0.219. The first-order valence-electron chi connectivity index (χ1n) is 6.40. The van der Waals surface area contributed by atoms with Crippen LogP contribution in [0.5, 0.6) is 0 Å². The molecule has 0 atom stereocenters. The highest BCUT2D eigenvalue weighted by atomic mass is 16.1. The van der Waals surface area contributed by atoms with E-state index in [9.17, 15) is 4.79 Å². The zero-order valence-electron chi connectivity index (χ0n) is 11.4. The maximum absolute atomic E-state index is 11.7. The third-order valence-electron chi connectivity index (χ3n) is 3.07. The number of carbonyl (C=O) groups is 1. The van der Waals surface area contributed by atoms with Gasteiger partial charge in [-0.25, -0.2) is 0 Å². The lowest BCUT2D eigenvalue weighted by Gasteiger charge is -2.33. The number of carbonyl (C=O) groups excluding carboxylic acids is 1. The van der Waals surface area contributed by atoms with Crippen molar-refractivity contribution in [2.75, 3.05) is 59.9 Å². The molecule has 0 N–H and O–H groups in total. The molecule has 0 aromatic heterocycles. The molecule has 4 heteroatoms. The van der Waals surface area contributed by atoms with Gasteiger partial charge in [-0.15, -0.1) is 0 Å². The molecular formula is C13H25N3O.